The number of nitrogens with zero attached hydrogens (tertiary/aromatic N) is 1. The number of benzene rings is 2. The summed E-state index contributed by atoms with van der Waals surface area (Å²) in [5, 5.41) is 3.13. The van der Waals surface area contributed by atoms with E-state index < -0.39 is 6.04 Å². The van der Waals surface area contributed by atoms with Gasteiger partial charge in [-0.15, -0.1) is 0 Å². The van der Waals surface area contributed by atoms with Gasteiger partial charge < -0.3 is 5.32 Å². The van der Waals surface area contributed by atoms with E-state index >= 15 is 0 Å². The van der Waals surface area contributed by atoms with Gasteiger partial charge in [-0.1, -0.05) is 72.3 Å². The minimum Gasteiger partial charge on any atom is -0.324 e. The SMILES string of the molecule is CCc1cc(Br)cc(CC)c1NC(=O)[C@@H](Cc1ccccc1)N1C(=O)[C@@H]2[C@@H](C1=O)[C@H]1C=C[C@@H]2C1. The second-order valence-electron chi connectivity index (χ2n) is 9.55. The van der Waals surface area contributed by atoms with Gasteiger partial charge in [0, 0.05) is 16.6 Å². The first-order chi connectivity index (χ1) is 16.4. The zero-order chi connectivity index (χ0) is 24.0. The molecule has 1 aliphatic heterocycles. The molecule has 5 nitrogen and oxygen atoms in total. The molecule has 2 aromatic carbocycles. The van der Waals surface area contributed by atoms with Crippen LogP contribution in [-0.4, -0.2) is 28.7 Å². The van der Waals surface area contributed by atoms with Crippen LogP contribution in [0.1, 0.15) is 37.0 Å². The second kappa shape index (κ2) is 9.14. The van der Waals surface area contributed by atoms with Crippen LogP contribution in [0.2, 0.25) is 0 Å². The Hall–Kier alpha value is -2.73. The number of aryl methyl sites for hydroxylation is 2. The van der Waals surface area contributed by atoms with Gasteiger partial charge in [0.15, 0.2) is 0 Å². The maximum absolute atomic E-state index is 13.8. The van der Waals surface area contributed by atoms with Crippen LogP contribution in [0.25, 0.3) is 0 Å². The van der Waals surface area contributed by atoms with Crippen LogP contribution < -0.4 is 5.32 Å². The molecule has 1 saturated carbocycles. The highest BCUT2D eigenvalue weighted by molar-refractivity contribution is 9.10. The Morgan fingerprint density at radius 3 is 2.09 bits per heavy atom. The van der Waals surface area contributed by atoms with Gasteiger partial charge in [-0.25, -0.2) is 0 Å². The Bertz CT molecular complexity index is 1120. The summed E-state index contributed by atoms with van der Waals surface area (Å²) in [4.78, 5) is 42.2. The molecular weight excluding hydrogens is 492 g/mol. The summed E-state index contributed by atoms with van der Waals surface area (Å²) in [5.74, 6) is -1.10. The van der Waals surface area contributed by atoms with Crippen molar-refractivity contribution in [3.05, 3.63) is 75.8 Å². The van der Waals surface area contributed by atoms with Crippen molar-refractivity contribution < 1.29 is 14.4 Å². The molecule has 6 heteroatoms. The predicted octanol–water partition coefficient (Wildman–Crippen LogP) is 4.93. The van der Waals surface area contributed by atoms with E-state index in [4.69, 9.17) is 0 Å². The molecule has 1 saturated heterocycles. The zero-order valence-electron chi connectivity index (χ0n) is 19.5. The number of hydrogen-bond donors (Lipinski definition) is 1. The smallest absolute Gasteiger partial charge is 0.248 e. The largest absolute Gasteiger partial charge is 0.324 e. The maximum atomic E-state index is 13.8. The molecule has 5 rings (SSSR count). The number of allylic oxidation sites excluding steroid dienone is 2. The topological polar surface area (TPSA) is 66.5 Å². The minimum atomic E-state index is -0.884. The van der Waals surface area contributed by atoms with E-state index in [1.54, 1.807) is 0 Å². The molecule has 0 unspecified atom stereocenters. The third kappa shape index (κ3) is 3.82. The molecule has 2 aliphatic carbocycles. The number of carbonyl (C=O) groups excluding carboxylic acids is 3. The second-order valence-corrected chi connectivity index (χ2v) is 10.5. The summed E-state index contributed by atoms with van der Waals surface area (Å²) >= 11 is 3.57. The summed E-state index contributed by atoms with van der Waals surface area (Å²) in [5.41, 5.74) is 3.76. The molecule has 1 heterocycles. The summed E-state index contributed by atoms with van der Waals surface area (Å²) < 4.78 is 0.973. The van der Waals surface area contributed by atoms with Crippen LogP contribution in [0.3, 0.4) is 0 Å². The molecule has 3 aliphatic rings. The van der Waals surface area contributed by atoms with Crippen molar-refractivity contribution in [3.8, 4) is 0 Å². The van der Waals surface area contributed by atoms with Crippen LogP contribution in [0.5, 0.6) is 0 Å². The lowest BCUT2D eigenvalue weighted by atomic mass is 9.85. The lowest BCUT2D eigenvalue weighted by Gasteiger charge is -2.28. The fourth-order valence-electron chi connectivity index (χ4n) is 6.02. The van der Waals surface area contributed by atoms with E-state index in [-0.39, 0.29) is 41.4 Å². The molecule has 5 atom stereocenters. The normalized spacial score (nSPS) is 25.7. The average Bonchev–Trinajstić information content (AvgIpc) is 3.53. The first kappa shape index (κ1) is 23.0. The maximum Gasteiger partial charge on any atom is 0.248 e. The number of halogens is 1. The van der Waals surface area contributed by atoms with E-state index in [2.05, 4.69) is 47.2 Å². The van der Waals surface area contributed by atoms with Gasteiger partial charge in [-0.2, -0.15) is 0 Å². The van der Waals surface area contributed by atoms with E-state index in [1.165, 1.54) is 4.90 Å². The summed E-state index contributed by atoms with van der Waals surface area (Å²) in [6, 6.07) is 12.8. The van der Waals surface area contributed by atoms with Crippen LogP contribution in [0.15, 0.2) is 59.1 Å². The number of amides is 3. The standard InChI is InChI=1S/C28H29BrN2O3/c1-3-17-14-21(29)15-18(4-2)25(17)30-26(32)22(12-16-8-6-5-7-9-16)31-27(33)23-19-10-11-20(13-19)24(23)28(31)34/h5-11,14-15,19-20,22-24H,3-4,12-13H2,1-2H3,(H,30,32)/t19-,20+,22-,23+,24+/m1/s1. The molecule has 34 heavy (non-hydrogen) atoms. The van der Waals surface area contributed by atoms with Crippen LogP contribution in [0.4, 0.5) is 5.69 Å². The first-order valence-electron chi connectivity index (χ1n) is 12.1. The van der Waals surface area contributed by atoms with Crippen molar-refractivity contribution in [2.45, 2.75) is 45.6 Å². The summed E-state index contributed by atoms with van der Waals surface area (Å²) in [7, 11) is 0. The fraction of sp³-hybridized carbons (Fsp3) is 0.393. The van der Waals surface area contributed by atoms with E-state index in [0.717, 1.165) is 46.1 Å². The van der Waals surface area contributed by atoms with Crippen LogP contribution >= 0.6 is 15.9 Å². The number of rotatable bonds is 7. The number of likely N-dealkylation sites (tertiary alicyclic amines) is 1. The molecule has 0 spiro atoms. The lowest BCUT2D eigenvalue weighted by molar-refractivity contribution is -0.147. The third-order valence-corrected chi connectivity index (χ3v) is 8.12. The quantitative estimate of drug-likeness (QED) is 0.415. The Balaban J connectivity index is 1.50. The van der Waals surface area contributed by atoms with Crippen molar-refractivity contribution in [3.63, 3.8) is 0 Å². The molecule has 1 N–H and O–H groups in total. The number of imide groups is 1. The van der Waals surface area contributed by atoms with Crippen molar-refractivity contribution in [1.29, 1.82) is 0 Å². The van der Waals surface area contributed by atoms with Gasteiger partial charge in [0.25, 0.3) is 0 Å². The highest BCUT2D eigenvalue weighted by Crippen LogP contribution is 2.53. The Morgan fingerprint density at radius 1 is 1.00 bits per heavy atom. The van der Waals surface area contributed by atoms with E-state index in [9.17, 15) is 14.4 Å². The molecule has 3 amide bonds. The highest BCUT2D eigenvalue weighted by atomic mass is 79.9. The molecule has 0 aromatic heterocycles. The van der Waals surface area contributed by atoms with Crippen molar-refractivity contribution in [2.24, 2.45) is 23.7 Å². The molecule has 176 valence electrons. The van der Waals surface area contributed by atoms with Crippen molar-refractivity contribution in [1.82, 2.24) is 4.90 Å². The van der Waals surface area contributed by atoms with Crippen molar-refractivity contribution in [2.75, 3.05) is 5.32 Å². The third-order valence-electron chi connectivity index (χ3n) is 7.67. The van der Waals surface area contributed by atoms with E-state index in [0.29, 0.717) is 6.42 Å². The predicted molar refractivity (Wildman–Crippen MR) is 135 cm³/mol. The van der Waals surface area contributed by atoms with Crippen molar-refractivity contribution >= 4 is 39.3 Å². The van der Waals surface area contributed by atoms with Gasteiger partial charge >= 0.3 is 0 Å². The van der Waals surface area contributed by atoms with E-state index in [1.807, 2.05) is 42.5 Å². The molecule has 2 aromatic rings. The number of nitrogens with one attached hydrogen (secondary N) is 1. The molecule has 2 bridgehead atoms. The van der Waals surface area contributed by atoms with Gasteiger partial charge in [0.1, 0.15) is 6.04 Å². The average molecular weight is 521 g/mol. The molecular formula is C28H29BrN2O3. The van der Waals surface area contributed by atoms with Gasteiger partial charge in [-0.05, 0) is 59.9 Å². The van der Waals surface area contributed by atoms with Gasteiger partial charge in [-0.3, -0.25) is 19.3 Å². The van der Waals surface area contributed by atoms with Crippen LogP contribution in [0, 0.1) is 23.7 Å². The Morgan fingerprint density at radius 2 is 1.56 bits per heavy atom. The Kier molecular flexibility index (Phi) is 6.19. The highest BCUT2D eigenvalue weighted by Gasteiger charge is 2.61. The van der Waals surface area contributed by atoms with Gasteiger partial charge in [0.05, 0.1) is 11.8 Å². The summed E-state index contributed by atoms with van der Waals surface area (Å²) in [6.07, 6.45) is 6.84. The summed E-state index contributed by atoms with van der Waals surface area (Å²) in [6.45, 7) is 4.10. The fourth-order valence-corrected chi connectivity index (χ4v) is 6.57. The van der Waals surface area contributed by atoms with Gasteiger partial charge in [0.2, 0.25) is 17.7 Å². The molecule has 2 fully saturated rings. The number of carbonyl (C=O) groups is 3. The monoisotopic (exact) mass is 520 g/mol. The Labute approximate surface area is 208 Å². The van der Waals surface area contributed by atoms with Crippen LogP contribution in [-0.2, 0) is 33.6 Å². The number of hydrogen-bond acceptors (Lipinski definition) is 3. The molecule has 0 radical (unpaired) electrons. The minimum absolute atomic E-state index is 0.113. The lowest BCUT2D eigenvalue weighted by Crippen LogP contribution is -2.49. The zero-order valence-corrected chi connectivity index (χ0v) is 21.0. The number of fused-ring (bicyclic) bond motifs is 5. The number of anilines is 1. The first-order valence-corrected chi connectivity index (χ1v) is 12.9.